The van der Waals surface area contributed by atoms with Gasteiger partial charge in [0.1, 0.15) is 11.6 Å². The Bertz CT molecular complexity index is 790. The first-order chi connectivity index (χ1) is 10.8. The SMILES string of the molecule is Fc1cc(-c2ccc(N3CCNCC3)nc2)cc2[nH]ncc12. The van der Waals surface area contributed by atoms with E-state index < -0.39 is 0 Å². The molecule has 0 amide bonds. The number of piperazine rings is 1. The summed E-state index contributed by atoms with van der Waals surface area (Å²) in [5, 5.41) is 10.5. The van der Waals surface area contributed by atoms with Gasteiger partial charge in [0.05, 0.1) is 17.1 Å². The lowest BCUT2D eigenvalue weighted by Gasteiger charge is -2.28. The first-order valence-corrected chi connectivity index (χ1v) is 7.36. The Balaban J connectivity index is 1.66. The van der Waals surface area contributed by atoms with E-state index in [0.29, 0.717) is 10.9 Å². The summed E-state index contributed by atoms with van der Waals surface area (Å²) < 4.78 is 14.0. The van der Waals surface area contributed by atoms with Crippen molar-refractivity contribution in [2.75, 3.05) is 31.1 Å². The third kappa shape index (κ3) is 2.31. The highest BCUT2D eigenvalue weighted by Crippen LogP contribution is 2.26. The van der Waals surface area contributed by atoms with Crippen molar-refractivity contribution in [2.45, 2.75) is 0 Å². The van der Waals surface area contributed by atoms with E-state index in [2.05, 4.69) is 25.4 Å². The van der Waals surface area contributed by atoms with Gasteiger partial charge in [-0.05, 0) is 29.8 Å². The van der Waals surface area contributed by atoms with Crippen LogP contribution in [0, 0.1) is 5.82 Å². The van der Waals surface area contributed by atoms with Gasteiger partial charge in [0.25, 0.3) is 0 Å². The normalized spacial score (nSPS) is 15.4. The van der Waals surface area contributed by atoms with Crippen LogP contribution in [0.5, 0.6) is 0 Å². The van der Waals surface area contributed by atoms with E-state index in [1.165, 1.54) is 12.3 Å². The fourth-order valence-electron chi connectivity index (χ4n) is 2.81. The highest BCUT2D eigenvalue weighted by molar-refractivity contribution is 5.84. The summed E-state index contributed by atoms with van der Waals surface area (Å²) in [7, 11) is 0. The maximum absolute atomic E-state index is 14.0. The van der Waals surface area contributed by atoms with E-state index in [-0.39, 0.29) is 5.82 Å². The number of hydrogen-bond donors (Lipinski definition) is 2. The molecule has 1 fully saturated rings. The molecule has 0 saturated carbocycles. The van der Waals surface area contributed by atoms with Crippen LogP contribution < -0.4 is 10.2 Å². The number of anilines is 1. The van der Waals surface area contributed by atoms with E-state index in [1.807, 2.05) is 18.2 Å². The molecule has 0 spiro atoms. The predicted octanol–water partition coefficient (Wildman–Crippen LogP) is 2.17. The van der Waals surface area contributed by atoms with Crippen LogP contribution >= 0.6 is 0 Å². The largest absolute Gasteiger partial charge is 0.354 e. The highest BCUT2D eigenvalue weighted by Gasteiger charge is 2.12. The maximum atomic E-state index is 14.0. The van der Waals surface area contributed by atoms with Crippen molar-refractivity contribution in [3.63, 3.8) is 0 Å². The number of nitrogens with one attached hydrogen (secondary N) is 2. The fourth-order valence-corrected chi connectivity index (χ4v) is 2.81. The van der Waals surface area contributed by atoms with Gasteiger partial charge < -0.3 is 10.2 Å². The van der Waals surface area contributed by atoms with Gasteiger partial charge in [0.2, 0.25) is 0 Å². The molecule has 0 atom stereocenters. The Morgan fingerprint density at radius 2 is 1.91 bits per heavy atom. The Labute approximate surface area is 127 Å². The van der Waals surface area contributed by atoms with Gasteiger partial charge in [-0.3, -0.25) is 5.10 Å². The number of benzene rings is 1. The first-order valence-electron chi connectivity index (χ1n) is 7.36. The van der Waals surface area contributed by atoms with Crippen LogP contribution in [-0.4, -0.2) is 41.4 Å². The van der Waals surface area contributed by atoms with E-state index >= 15 is 0 Å². The lowest BCUT2D eigenvalue weighted by atomic mass is 10.1. The third-order valence-corrected chi connectivity index (χ3v) is 4.03. The van der Waals surface area contributed by atoms with Crippen LogP contribution in [0.1, 0.15) is 0 Å². The summed E-state index contributed by atoms with van der Waals surface area (Å²) >= 11 is 0. The molecule has 6 heteroatoms. The molecule has 0 bridgehead atoms. The zero-order valence-corrected chi connectivity index (χ0v) is 12.0. The minimum atomic E-state index is -0.271. The number of fused-ring (bicyclic) bond motifs is 1. The second-order valence-electron chi connectivity index (χ2n) is 5.43. The second kappa shape index (κ2) is 5.38. The summed E-state index contributed by atoms with van der Waals surface area (Å²) in [4.78, 5) is 6.77. The zero-order valence-electron chi connectivity index (χ0n) is 12.0. The minimum Gasteiger partial charge on any atom is -0.354 e. The molecule has 0 aliphatic carbocycles. The van der Waals surface area contributed by atoms with Crippen molar-refractivity contribution >= 4 is 16.7 Å². The van der Waals surface area contributed by atoms with Crippen LogP contribution in [0.3, 0.4) is 0 Å². The number of nitrogens with zero attached hydrogens (tertiary/aromatic N) is 3. The lowest BCUT2D eigenvalue weighted by molar-refractivity contribution is 0.585. The summed E-state index contributed by atoms with van der Waals surface area (Å²) in [6.45, 7) is 3.87. The van der Waals surface area contributed by atoms with Gasteiger partial charge in [-0.1, -0.05) is 0 Å². The van der Waals surface area contributed by atoms with Crippen LogP contribution in [0.15, 0.2) is 36.7 Å². The molecule has 2 N–H and O–H groups in total. The van der Waals surface area contributed by atoms with Gasteiger partial charge in [0, 0.05) is 37.9 Å². The number of rotatable bonds is 2. The molecule has 0 unspecified atom stereocenters. The fraction of sp³-hybridized carbons (Fsp3) is 0.250. The number of aromatic nitrogens is 3. The minimum absolute atomic E-state index is 0.271. The molecular weight excluding hydrogens is 281 g/mol. The van der Waals surface area contributed by atoms with Crippen molar-refractivity contribution in [2.24, 2.45) is 0 Å². The predicted molar refractivity (Wildman–Crippen MR) is 84.4 cm³/mol. The molecule has 1 aromatic carbocycles. The number of H-pyrrole nitrogens is 1. The Kier molecular flexibility index (Phi) is 3.23. The summed E-state index contributed by atoms with van der Waals surface area (Å²) in [5.74, 6) is 0.695. The standard InChI is InChI=1S/C16H16FN5/c17-14-7-12(8-15-13(14)10-20-21-15)11-1-2-16(19-9-11)22-5-3-18-4-6-22/h1-2,7-10,18H,3-6H2,(H,20,21). The molecule has 2 aromatic heterocycles. The van der Waals surface area contributed by atoms with Crippen molar-refractivity contribution in [3.8, 4) is 11.1 Å². The zero-order chi connectivity index (χ0) is 14.9. The molecule has 1 aliphatic heterocycles. The van der Waals surface area contributed by atoms with E-state index in [4.69, 9.17) is 0 Å². The van der Waals surface area contributed by atoms with Crippen molar-refractivity contribution < 1.29 is 4.39 Å². The Morgan fingerprint density at radius 1 is 1.05 bits per heavy atom. The monoisotopic (exact) mass is 297 g/mol. The van der Waals surface area contributed by atoms with Crippen molar-refractivity contribution in [3.05, 3.63) is 42.5 Å². The molecule has 112 valence electrons. The first kappa shape index (κ1) is 13.2. The second-order valence-corrected chi connectivity index (χ2v) is 5.43. The average molecular weight is 297 g/mol. The van der Waals surface area contributed by atoms with E-state index in [0.717, 1.165) is 43.1 Å². The average Bonchev–Trinajstić information content (AvgIpc) is 3.05. The molecule has 4 rings (SSSR count). The van der Waals surface area contributed by atoms with Gasteiger partial charge >= 0.3 is 0 Å². The molecule has 1 saturated heterocycles. The summed E-state index contributed by atoms with van der Waals surface area (Å²) in [5.41, 5.74) is 2.39. The Hall–Kier alpha value is -2.47. The number of hydrogen-bond acceptors (Lipinski definition) is 4. The van der Waals surface area contributed by atoms with Gasteiger partial charge in [-0.25, -0.2) is 9.37 Å². The third-order valence-electron chi connectivity index (χ3n) is 4.03. The summed E-state index contributed by atoms with van der Waals surface area (Å²) in [6, 6.07) is 7.41. The van der Waals surface area contributed by atoms with Crippen molar-refractivity contribution in [1.82, 2.24) is 20.5 Å². The molecule has 3 aromatic rings. The molecule has 1 aliphatic rings. The number of aromatic amines is 1. The maximum Gasteiger partial charge on any atom is 0.134 e. The summed E-state index contributed by atoms with van der Waals surface area (Å²) in [6.07, 6.45) is 3.30. The van der Waals surface area contributed by atoms with Gasteiger partial charge in [-0.15, -0.1) is 0 Å². The van der Waals surface area contributed by atoms with Gasteiger partial charge in [0.15, 0.2) is 0 Å². The molecule has 3 heterocycles. The molecule has 5 nitrogen and oxygen atoms in total. The number of halogens is 1. The van der Waals surface area contributed by atoms with E-state index in [9.17, 15) is 4.39 Å². The highest BCUT2D eigenvalue weighted by atomic mass is 19.1. The van der Waals surface area contributed by atoms with E-state index in [1.54, 1.807) is 6.20 Å². The molecule has 0 radical (unpaired) electrons. The molecule has 22 heavy (non-hydrogen) atoms. The lowest BCUT2D eigenvalue weighted by Crippen LogP contribution is -2.43. The smallest absolute Gasteiger partial charge is 0.134 e. The van der Waals surface area contributed by atoms with Crippen LogP contribution in [0.4, 0.5) is 10.2 Å². The Morgan fingerprint density at radius 3 is 2.68 bits per heavy atom. The molecular formula is C16H16FN5. The number of pyridine rings is 1. The van der Waals surface area contributed by atoms with Gasteiger partial charge in [-0.2, -0.15) is 5.10 Å². The van der Waals surface area contributed by atoms with Crippen LogP contribution in [0.25, 0.3) is 22.0 Å². The quantitative estimate of drug-likeness (QED) is 0.761. The van der Waals surface area contributed by atoms with Crippen molar-refractivity contribution in [1.29, 1.82) is 0 Å². The van der Waals surface area contributed by atoms with Crippen LogP contribution in [0.2, 0.25) is 0 Å². The van der Waals surface area contributed by atoms with Crippen LogP contribution in [-0.2, 0) is 0 Å². The topological polar surface area (TPSA) is 56.8 Å².